The zero-order chi connectivity index (χ0) is 15.7. The van der Waals surface area contributed by atoms with Crippen LogP contribution < -0.4 is 0 Å². The number of benzene rings is 2. The van der Waals surface area contributed by atoms with E-state index in [1.54, 1.807) is 5.56 Å². The van der Waals surface area contributed by atoms with Gasteiger partial charge in [-0.3, -0.25) is 0 Å². The van der Waals surface area contributed by atoms with Crippen molar-refractivity contribution in [3.05, 3.63) is 70.8 Å². The van der Waals surface area contributed by atoms with Crippen LogP contribution >= 0.6 is 0 Å². The molecule has 0 unspecified atom stereocenters. The van der Waals surface area contributed by atoms with Gasteiger partial charge in [-0.25, -0.2) is 0 Å². The van der Waals surface area contributed by atoms with Crippen LogP contribution in [0.4, 0.5) is 0 Å². The van der Waals surface area contributed by atoms with Crippen LogP contribution in [-0.2, 0) is 11.8 Å². The van der Waals surface area contributed by atoms with E-state index in [0.29, 0.717) is 0 Å². The molecule has 114 valence electrons. The average molecular weight is 290 g/mol. The molecule has 0 aromatic heterocycles. The van der Waals surface area contributed by atoms with Crippen LogP contribution in [0.2, 0.25) is 0 Å². The summed E-state index contributed by atoms with van der Waals surface area (Å²) in [5, 5.41) is 2.90. The maximum Gasteiger partial charge on any atom is 0.00688 e. The van der Waals surface area contributed by atoms with Gasteiger partial charge in [-0.15, -0.1) is 0 Å². The van der Waals surface area contributed by atoms with E-state index in [9.17, 15) is 0 Å². The molecule has 0 aliphatic heterocycles. The van der Waals surface area contributed by atoms with Crippen LogP contribution in [-0.4, -0.2) is 0 Å². The molecule has 0 nitrogen and oxygen atoms in total. The first kappa shape index (κ1) is 15.1. The summed E-state index contributed by atoms with van der Waals surface area (Å²) in [5.74, 6) is 0. The average Bonchev–Trinajstić information content (AvgIpc) is 2.81. The van der Waals surface area contributed by atoms with Crippen LogP contribution in [0.25, 0.3) is 10.8 Å². The first-order valence-electron chi connectivity index (χ1n) is 8.30. The highest BCUT2D eigenvalue weighted by atomic mass is 14.4. The minimum absolute atomic E-state index is 0.234. The van der Waals surface area contributed by atoms with Crippen molar-refractivity contribution in [2.75, 3.05) is 0 Å². The summed E-state index contributed by atoms with van der Waals surface area (Å²) in [7, 11) is 0. The Morgan fingerprint density at radius 1 is 0.909 bits per heavy atom. The summed E-state index contributed by atoms with van der Waals surface area (Å²) in [5.41, 5.74) is 6.14. The first-order chi connectivity index (χ1) is 10.5. The summed E-state index contributed by atoms with van der Waals surface area (Å²) in [6.07, 6.45) is 8.27. The second-order valence-electron chi connectivity index (χ2n) is 7.25. The minimum Gasteiger partial charge on any atom is -0.0850 e. The Kier molecular flexibility index (Phi) is 3.95. The Morgan fingerprint density at radius 2 is 1.50 bits per heavy atom. The molecule has 0 amide bonds. The van der Waals surface area contributed by atoms with Gasteiger partial charge in [0.2, 0.25) is 0 Å². The summed E-state index contributed by atoms with van der Waals surface area (Å²) < 4.78 is 0. The molecule has 1 aliphatic carbocycles. The van der Waals surface area contributed by atoms with Gasteiger partial charge in [-0.1, -0.05) is 59.7 Å². The quantitative estimate of drug-likeness (QED) is 0.576. The van der Waals surface area contributed by atoms with Crippen LogP contribution in [0.5, 0.6) is 0 Å². The lowest BCUT2D eigenvalue weighted by Gasteiger charge is -2.29. The molecule has 0 radical (unpaired) electrons. The van der Waals surface area contributed by atoms with Crippen LogP contribution in [0.3, 0.4) is 0 Å². The molecule has 0 heteroatoms. The van der Waals surface area contributed by atoms with Gasteiger partial charge in [0.05, 0.1) is 0 Å². The zero-order valence-corrected chi connectivity index (χ0v) is 14.2. The number of hydrogen-bond acceptors (Lipinski definition) is 0. The molecule has 0 atom stereocenters. The van der Waals surface area contributed by atoms with E-state index in [4.69, 9.17) is 0 Å². The Labute approximate surface area is 134 Å². The summed E-state index contributed by atoms with van der Waals surface area (Å²) in [4.78, 5) is 0. The largest absolute Gasteiger partial charge is 0.0850 e. The number of hydrogen-bond donors (Lipinski definition) is 0. The lowest BCUT2D eigenvalue weighted by atomic mass is 9.74. The predicted molar refractivity (Wildman–Crippen MR) is 97.4 cm³/mol. The minimum atomic E-state index is 0.234. The third-order valence-corrected chi connectivity index (χ3v) is 4.89. The molecular formula is C22H26. The van der Waals surface area contributed by atoms with Gasteiger partial charge in [0.15, 0.2) is 0 Å². The molecule has 0 saturated heterocycles. The van der Waals surface area contributed by atoms with Crippen molar-refractivity contribution in [1.82, 2.24) is 0 Å². The van der Waals surface area contributed by atoms with Gasteiger partial charge < -0.3 is 0 Å². The summed E-state index contributed by atoms with van der Waals surface area (Å²) in [6.45, 7) is 8.82. The lowest BCUT2D eigenvalue weighted by Crippen LogP contribution is -2.24. The Balaban J connectivity index is 2.15. The van der Waals surface area contributed by atoms with E-state index < -0.39 is 0 Å². The number of rotatable bonds is 4. The first-order valence-corrected chi connectivity index (χ1v) is 8.30. The smallest absolute Gasteiger partial charge is 0.00688 e. The van der Waals surface area contributed by atoms with Gasteiger partial charge in [0.1, 0.15) is 0 Å². The Morgan fingerprint density at radius 3 is 2.09 bits per heavy atom. The molecule has 0 fully saturated rings. The van der Waals surface area contributed by atoms with Crippen molar-refractivity contribution in [2.45, 2.75) is 52.4 Å². The van der Waals surface area contributed by atoms with Gasteiger partial charge in [-0.2, -0.15) is 0 Å². The fourth-order valence-corrected chi connectivity index (χ4v) is 3.71. The normalized spacial score (nSPS) is 14.9. The van der Waals surface area contributed by atoms with Gasteiger partial charge >= 0.3 is 0 Å². The highest BCUT2D eigenvalue weighted by Gasteiger charge is 2.37. The third-order valence-electron chi connectivity index (χ3n) is 4.89. The maximum absolute atomic E-state index is 2.42. The fraction of sp³-hybridized carbons (Fsp3) is 0.364. The fourth-order valence-electron chi connectivity index (χ4n) is 3.71. The highest BCUT2D eigenvalue weighted by Crippen LogP contribution is 2.47. The molecule has 2 aromatic rings. The standard InChI is InChI=1S/C22H26/c1-16(2)11-13-22(14-12-17(3)4)15-19-9-5-7-18-8-6-10-20(22)21(18)19/h5-12H,13-15H2,1-4H3. The summed E-state index contributed by atoms with van der Waals surface area (Å²) >= 11 is 0. The Hall–Kier alpha value is -1.82. The molecule has 0 spiro atoms. The van der Waals surface area contributed by atoms with Crippen LogP contribution in [0, 0.1) is 0 Å². The van der Waals surface area contributed by atoms with Crippen molar-refractivity contribution in [1.29, 1.82) is 0 Å². The van der Waals surface area contributed by atoms with E-state index in [1.165, 1.54) is 27.5 Å². The maximum atomic E-state index is 2.42. The van der Waals surface area contributed by atoms with Crippen molar-refractivity contribution < 1.29 is 0 Å². The van der Waals surface area contributed by atoms with E-state index in [-0.39, 0.29) is 5.41 Å². The molecule has 0 heterocycles. The van der Waals surface area contributed by atoms with Crippen molar-refractivity contribution >= 4 is 10.8 Å². The topological polar surface area (TPSA) is 0 Å². The monoisotopic (exact) mass is 290 g/mol. The third kappa shape index (κ3) is 2.63. The molecule has 3 rings (SSSR count). The SMILES string of the molecule is CC(C)=CCC1(CC=C(C)C)Cc2cccc3cccc1c23. The van der Waals surface area contributed by atoms with Crippen LogP contribution in [0.1, 0.15) is 51.7 Å². The summed E-state index contributed by atoms with van der Waals surface area (Å²) in [6, 6.07) is 13.6. The lowest BCUT2D eigenvalue weighted by molar-refractivity contribution is 0.449. The van der Waals surface area contributed by atoms with Crippen molar-refractivity contribution in [3.63, 3.8) is 0 Å². The van der Waals surface area contributed by atoms with E-state index in [0.717, 1.165) is 19.3 Å². The molecule has 1 aliphatic rings. The second kappa shape index (κ2) is 5.76. The van der Waals surface area contributed by atoms with Crippen LogP contribution in [0.15, 0.2) is 59.7 Å². The van der Waals surface area contributed by atoms with Crippen molar-refractivity contribution in [2.24, 2.45) is 0 Å². The Bertz CT molecular complexity index is 725. The van der Waals surface area contributed by atoms with Gasteiger partial charge in [-0.05, 0) is 68.9 Å². The van der Waals surface area contributed by atoms with E-state index >= 15 is 0 Å². The molecule has 22 heavy (non-hydrogen) atoms. The second-order valence-corrected chi connectivity index (χ2v) is 7.25. The van der Waals surface area contributed by atoms with E-state index in [2.05, 4.69) is 76.2 Å². The molecule has 2 aromatic carbocycles. The molecule has 0 bridgehead atoms. The van der Waals surface area contributed by atoms with Gasteiger partial charge in [0, 0.05) is 5.41 Å². The molecule has 0 saturated carbocycles. The predicted octanol–water partition coefficient (Wildman–Crippen LogP) is 6.35. The van der Waals surface area contributed by atoms with E-state index in [1.807, 2.05) is 0 Å². The number of allylic oxidation sites excluding steroid dienone is 4. The zero-order valence-electron chi connectivity index (χ0n) is 14.2. The highest BCUT2D eigenvalue weighted by molar-refractivity contribution is 5.92. The van der Waals surface area contributed by atoms with Gasteiger partial charge in [0.25, 0.3) is 0 Å². The molecular weight excluding hydrogens is 264 g/mol. The molecule has 0 N–H and O–H groups in total. The van der Waals surface area contributed by atoms with Crippen molar-refractivity contribution in [3.8, 4) is 0 Å².